The molecule has 2 aliphatic rings. The first-order chi connectivity index (χ1) is 14.8. The lowest BCUT2D eigenvalue weighted by molar-refractivity contribution is -0.120. The quantitative estimate of drug-likeness (QED) is 0.665. The summed E-state index contributed by atoms with van der Waals surface area (Å²) in [5.74, 6) is -0.459. The summed E-state index contributed by atoms with van der Waals surface area (Å²) >= 11 is 18.6. The van der Waals surface area contributed by atoms with Gasteiger partial charge in [0.1, 0.15) is 5.71 Å². The second kappa shape index (κ2) is 9.35. The van der Waals surface area contributed by atoms with E-state index in [1.54, 1.807) is 23.2 Å². The molecule has 1 amide bonds. The highest BCUT2D eigenvalue weighted by Gasteiger charge is 2.40. The highest BCUT2D eigenvalue weighted by Crippen LogP contribution is 2.42. The minimum atomic E-state index is -0.312. The van der Waals surface area contributed by atoms with Gasteiger partial charge >= 0.3 is 0 Å². The molecule has 2 N–H and O–H groups in total. The standard InChI is InChI=1S/C22H23Cl3N4O2/c1-13-20(22(31)27-28-10-8-17(30)9-11-28)26-29(19-7-6-16(24)12-18(19)25)21(13)14-2-4-15(23)5-3-14/h2-7,12-13,17,21,30H,8-11H2,1H3,(H,27,31)/t13-,21+/m1/s1. The Kier molecular flexibility index (Phi) is 6.74. The molecule has 1 saturated heterocycles. The number of amides is 1. The van der Waals surface area contributed by atoms with Crippen molar-refractivity contribution in [2.45, 2.75) is 31.9 Å². The van der Waals surface area contributed by atoms with E-state index in [1.807, 2.05) is 36.2 Å². The Bertz CT molecular complexity index is 991. The predicted octanol–water partition coefficient (Wildman–Crippen LogP) is 4.69. The summed E-state index contributed by atoms with van der Waals surface area (Å²) in [7, 11) is 0. The second-order valence-corrected chi connectivity index (χ2v) is 9.15. The van der Waals surface area contributed by atoms with Gasteiger partial charge in [-0.15, -0.1) is 0 Å². The summed E-state index contributed by atoms with van der Waals surface area (Å²) in [6.07, 6.45) is 0.942. The van der Waals surface area contributed by atoms with E-state index >= 15 is 0 Å². The summed E-state index contributed by atoms with van der Waals surface area (Å²) in [5, 5.41) is 19.6. The number of aliphatic hydroxyl groups is 1. The number of nitrogens with one attached hydrogen (secondary N) is 1. The zero-order valence-corrected chi connectivity index (χ0v) is 19.2. The van der Waals surface area contributed by atoms with Gasteiger partial charge in [-0.1, -0.05) is 53.9 Å². The number of aliphatic hydroxyl groups excluding tert-OH is 1. The van der Waals surface area contributed by atoms with Crippen molar-refractivity contribution in [3.63, 3.8) is 0 Å². The SMILES string of the molecule is C[C@@H]1C(C(=O)NN2CCC(O)CC2)=NN(c2ccc(Cl)cc2Cl)[C@@H]1c1ccc(Cl)cc1. The monoisotopic (exact) mass is 480 g/mol. The predicted molar refractivity (Wildman–Crippen MR) is 125 cm³/mol. The van der Waals surface area contributed by atoms with E-state index in [0.29, 0.717) is 52.4 Å². The molecule has 2 atom stereocenters. The van der Waals surface area contributed by atoms with Gasteiger partial charge in [-0.05, 0) is 48.7 Å². The molecular weight excluding hydrogens is 459 g/mol. The van der Waals surface area contributed by atoms with Crippen LogP contribution < -0.4 is 10.4 Å². The average Bonchev–Trinajstić information content (AvgIpc) is 3.07. The lowest BCUT2D eigenvalue weighted by Crippen LogP contribution is -2.50. The van der Waals surface area contributed by atoms with Crippen LogP contribution in [0, 0.1) is 5.92 Å². The Labute approximate surface area is 196 Å². The lowest BCUT2D eigenvalue weighted by Gasteiger charge is -2.30. The number of anilines is 1. The first-order valence-corrected chi connectivity index (χ1v) is 11.3. The van der Waals surface area contributed by atoms with E-state index in [2.05, 4.69) is 5.43 Å². The van der Waals surface area contributed by atoms with Crippen molar-refractivity contribution in [2.75, 3.05) is 18.1 Å². The molecular formula is C22H23Cl3N4O2. The molecule has 0 aromatic heterocycles. The normalized spacial score (nSPS) is 22.5. The van der Waals surface area contributed by atoms with Crippen LogP contribution in [0.4, 0.5) is 5.69 Å². The molecule has 2 aliphatic heterocycles. The summed E-state index contributed by atoms with van der Waals surface area (Å²) in [6, 6.07) is 12.5. The number of carbonyl (C=O) groups is 1. The highest BCUT2D eigenvalue weighted by atomic mass is 35.5. The van der Waals surface area contributed by atoms with Gasteiger partial charge in [0.05, 0.1) is 22.9 Å². The number of hydrazine groups is 1. The maximum Gasteiger partial charge on any atom is 0.282 e. The van der Waals surface area contributed by atoms with Crippen LogP contribution in [0.25, 0.3) is 0 Å². The molecule has 0 spiro atoms. The molecule has 2 heterocycles. The van der Waals surface area contributed by atoms with Crippen molar-refractivity contribution >= 4 is 52.1 Å². The number of benzene rings is 2. The lowest BCUT2D eigenvalue weighted by atomic mass is 9.91. The van der Waals surface area contributed by atoms with Crippen molar-refractivity contribution in [3.8, 4) is 0 Å². The third kappa shape index (κ3) is 4.83. The fraction of sp³-hybridized carbons (Fsp3) is 0.364. The third-order valence-electron chi connectivity index (χ3n) is 5.71. The third-order valence-corrected chi connectivity index (χ3v) is 6.50. The summed E-state index contributed by atoms with van der Waals surface area (Å²) < 4.78 is 0. The maximum atomic E-state index is 13.1. The fourth-order valence-electron chi connectivity index (χ4n) is 4.02. The van der Waals surface area contributed by atoms with Crippen LogP contribution in [-0.2, 0) is 4.79 Å². The van der Waals surface area contributed by atoms with Crippen molar-refractivity contribution in [1.82, 2.24) is 10.4 Å². The molecule has 9 heteroatoms. The van der Waals surface area contributed by atoms with Crippen molar-refractivity contribution in [1.29, 1.82) is 0 Å². The van der Waals surface area contributed by atoms with Crippen LogP contribution in [0.15, 0.2) is 47.6 Å². The number of hydrogen-bond acceptors (Lipinski definition) is 5. The zero-order chi connectivity index (χ0) is 22.1. The van der Waals surface area contributed by atoms with Gasteiger partial charge in [0.15, 0.2) is 0 Å². The number of piperidine rings is 1. The minimum Gasteiger partial charge on any atom is -0.393 e. The number of rotatable bonds is 4. The molecule has 1 fully saturated rings. The molecule has 0 unspecified atom stereocenters. The maximum absolute atomic E-state index is 13.1. The van der Waals surface area contributed by atoms with E-state index in [1.165, 1.54) is 0 Å². The van der Waals surface area contributed by atoms with Gasteiger partial charge in [-0.3, -0.25) is 15.2 Å². The summed E-state index contributed by atoms with van der Waals surface area (Å²) in [5.41, 5.74) is 4.99. The number of hydrazone groups is 1. The molecule has 2 aromatic carbocycles. The summed E-state index contributed by atoms with van der Waals surface area (Å²) in [6.45, 7) is 3.17. The molecule has 0 bridgehead atoms. The van der Waals surface area contributed by atoms with Gasteiger partial charge in [-0.25, -0.2) is 5.01 Å². The van der Waals surface area contributed by atoms with Crippen molar-refractivity contribution in [2.24, 2.45) is 11.0 Å². The Morgan fingerprint density at radius 1 is 1.06 bits per heavy atom. The van der Waals surface area contributed by atoms with Gasteiger partial charge in [-0.2, -0.15) is 5.10 Å². The Hall–Kier alpha value is -1.83. The van der Waals surface area contributed by atoms with Crippen molar-refractivity contribution in [3.05, 3.63) is 63.1 Å². The number of carbonyl (C=O) groups excluding carboxylic acids is 1. The molecule has 4 rings (SSSR count). The summed E-state index contributed by atoms with van der Waals surface area (Å²) in [4.78, 5) is 13.1. The van der Waals surface area contributed by atoms with Crippen LogP contribution in [0.5, 0.6) is 0 Å². The number of hydrogen-bond donors (Lipinski definition) is 2. The molecule has 31 heavy (non-hydrogen) atoms. The molecule has 0 saturated carbocycles. The molecule has 164 valence electrons. The number of halogens is 3. The van der Waals surface area contributed by atoms with E-state index in [0.717, 1.165) is 5.56 Å². The molecule has 2 aromatic rings. The Morgan fingerprint density at radius 2 is 1.71 bits per heavy atom. The van der Waals surface area contributed by atoms with Crippen LogP contribution in [0.1, 0.15) is 31.4 Å². The van der Waals surface area contributed by atoms with Gasteiger partial charge < -0.3 is 5.11 Å². The minimum absolute atomic E-state index is 0.205. The topological polar surface area (TPSA) is 68.2 Å². The van der Waals surface area contributed by atoms with Gasteiger partial charge in [0, 0.05) is 29.1 Å². The first-order valence-electron chi connectivity index (χ1n) is 10.2. The average molecular weight is 482 g/mol. The smallest absolute Gasteiger partial charge is 0.282 e. The first kappa shape index (κ1) is 22.4. The molecule has 0 aliphatic carbocycles. The number of nitrogens with zero attached hydrogens (tertiary/aromatic N) is 3. The van der Waals surface area contributed by atoms with E-state index < -0.39 is 0 Å². The Morgan fingerprint density at radius 3 is 2.35 bits per heavy atom. The van der Waals surface area contributed by atoms with Crippen LogP contribution >= 0.6 is 34.8 Å². The van der Waals surface area contributed by atoms with E-state index in [9.17, 15) is 9.90 Å². The molecule has 0 radical (unpaired) electrons. The van der Waals surface area contributed by atoms with Crippen LogP contribution in [0.2, 0.25) is 15.1 Å². The zero-order valence-electron chi connectivity index (χ0n) is 16.9. The molecule has 6 nitrogen and oxygen atoms in total. The van der Waals surface area contributed by atoms with Gasteiger partial charge in [0.2, 0.25) is 0 Å². The largest absolute Gasteiger partial charge is 0.393 e. The van der Waals surface area contributed by atoms with Gasteiger partial charge in [0.25, 0.3) is 5.91 Å². The van der Waals surface area contributed by atoms with Crippen LogP contribution in [0.3, 0.4) is 0 Å². The highest BCUT2D eigenvalue weighted by molar-refractivity contribution is 6.41. The Balaban J connectivity index is 1.65. The van der Waals surface area contributed by atoms with Crippen LogP contribution in [-0.4, -0.2) is 40.9 Å². The van der Waals surface area contributed by atoms with Crippen molar-refractivity contribution < 1.29 is 9.90 Å². The van der Waals surface area contributed by atoms with E-state index in [4.69, 9.17) is 39.9 Å². The second-order valence-electron chi connectivity index (χ2n) is 7.87. The fourth-order valence-corrected chi connectivity index (χ4v) is 4.64. The van der Waals surface area contributed by atoms with E-state index in [-0.39, 0.29) is 24.0 Å².